The Hall–Kier alpha value is -1.96. The number of hydroxylamine groups is 1. The first kappa shape index (κ1) is 16.4. The van der Waals surface area contributed by atoms with Crippen LogP contribution >= 0.6 is 0 Å². The number of morpholine rings is 1. The van der Waals surface area contributed by atoms with Gasteiger partial charge in [-0.05, 0) is 12.0 Å². The van der Waals surface area contributed by atoms with E-state index in [4.69, 9.17) is 9.94 Å². The molecule has 1 heterocycles. The molecule has 2 rings (SSSR count). The summed E-state index contributed by atoms with van der Waals surface area (Å²) >= 11 is 0. The van der Waals surface area contributed by atoms with Crippen molar-refractivity contribution in [2.75, 3.05) is 26.3 Å². The maximum Gasteiger partial charge on any atom is 0.272 e. The van der Waals surface area contributed by atoms with Crippen LogP contribution in [0.5, 0.6) is 0 Å². The van der Waals surface area contributed by atoms with E-state index in [9.17, 15) is 14.7 Å². The number of nitrogens with one attached hydrogen (secondary N) is 1. The summed E-state index contributed by atoms with van der Waals surface area (Å²) in [6, 6.07) is 9.14. The highest BCUT2D eigenvalue weighted by Gasteiger charge is 2.35. The number of aliphatic hydroxyl groups excluding tert-OH is 1. The molecule has 1 aliphatic heterocycles. The van der Waals surface area contributed by atoms with E-state index in [-0.39, 0.29) is 12.3 Å². The number of rotatable bonds is 5. The number of hydrogen-bond donors (Lipinski definition) is 3. The molecule has 2 atom stereocenters. The number of ether oxygens (including phenoxy) is 1. The first-order chi connectivity index (χ1) is 10.6. The normalized spacial score (nSPS) is 17.6. The number of aliphatic hydroxyl groups is 1. The van der Waals surface area contributed by atoms with E-state index < -0.39 is 17.9 Å². The standard InChI is InChI=1S/C15H20N2O5/c18-13(14(19)16-21)12(10-11-4-2-1-3-5-11)15(20)17-6-8-22-9-7-17/h1-5,12-13,18,21H,6-10H2,(H,16,19)/t12-,13+/m1/s1. The monoisotopic (exact) mass is 308 g/mol. The fourth-order valence-corrected chi connectivity index (χ4v) is 2.47. The molecule has 0 aliphatic carbocycles. The molecule has 1 aliphatic rings. The van der Waals surface area contributed by atoms with Crippen molar-refractivity contribution in [2.24, 2.45) is 5.92 Å². The summed E-state index contributed by atoms with van der Waals surface area (Å²) in [4.78, 5) is 25.7. The largest absolute Gasteiger partial charge is 0.382 e. The minimum Gasteiger partial charge on any atom is -0.382 e. The van der Waals surface area contributed by atoms with Crippen LogP contribution in [0.15, 0.2) is 30.3 Å². The van der Waals surface area contributed by atoms with Crippen LogP contribution in [0, 0.1) is 5.92 Å². The highest BCUT2D eigenvalue weighted by Crippen LogP contribution is 2.17. The average molecular weight is 308 g/mol. The summed E-state index contributed by atoms with van der Waals surface area (Å²) in [5.74, 6) is -2.25. The van der Waals surface area contributed by atoms with Crippen molar-refractivity contribution < 1.29 is 24.6 Å². The van der Waals surface area contributed by atoms with Crippen molar-refractivity contribution in [3.8, 4) is 0 Å². The molecule has 0 spiro atoms. The zero-order valence-corrected chi connectivity index (χ0v) is 12.1. The molecule has 7 heteroatoms. The molecule has 0 saturated carbocycles. The van der Waals surface area contributed by atoms with Gasteiger partial charge in [0.15, 0.2) is 0 Å². The van der Waals surface area contributed by atoms with Gasteiger partial charge in [-0.2, -0.15) is 0 Å². The third-order valence-electron chi connectivity index (χ3n) is 3.70. The van der Waals surface area contributed by atoms with Gasteiger partial charge in [0.1, 0.15) is 6.10 Å². The lowest BCUT2D eigenvalue weighted by Crippen LogP contribution is -2.50. The predicted molar refractivity (Wildman–Crippen MR) is 77.0 cm³/mol. The number of benzene rings is 1. The molecule has 1 saturated heterocycles. The first-order valence-corrected chi connectivity index (χ1v) is 7.16. The smallest absolute Gasteiger partial charge is 0.272 e. The topological polar surface area (TPSA) is 99.1 Å². The Morgan fingerprint density at radius 2 is 1.86 bits per heavy atom. The van der Waals surface area contributed by atoms with Crippen molar-refractivity contribution in [3.05, 3.63) is 35.9 Å². The second-order valence-corrected chi connectivity index (χ2v) is 5.15. The zero-order chi connectivity index (χ0) is 15.9. The predicted octanol–water partition coefficient (Wildman–Crippen LogP) is -0.430. The highest BCUT2D eigenvalue weighted by molar-refractivity contribution is 5.89. The molecule has 1 aromatic carbocycles. The Labute approximate surface area is 128 Å². The molecule has 3 N–H and O–H groups in total. The number of carbonyl (C=O) groups is 2. The maximum absolute atomic E-state index is 12.6. The lowest BCUT2D eigenvalue weighted by molar-refractivity contribution is -0.152. The molecule has 2 amide bonds. The van der Waals surface area contributed by atoms with Crippen molar-refractivity contribution in [3.63, 3.8) is 0 Å². The fraction of sp³-hybridized carbons (Fsp3) is 0.467. The van der Waals surface area contributed by atoms with E-state index in [1.165, 1.54) is 5.48 Å². The van der Waals surface area contributed by atoms with E-state index >= 15 is 0 Å². The molecule has 7 nitrogen and oxygen atoms in total. The van der Waals surface area contributed by atoms with E-state index in [1.807, 2.05) is 30.3 Å². The van der Waals surface area contributed by atoms with Gasteiger partial charge in [0, 0.05) is 13.1 Å². The number of nitrogens with zero attached hydrogens (tertiary/aromatic N) is 1. The Morgan fingerprint density at radius 1 is 1.23 bits per heavy atom. The van der Waals surface area contributed by atoms with Gasteiger partial charge in [0.2, 0.25) is 5.91 Å². The molecule has 1 aromatic rings. The lowest BCUT2D eigenvalue weighted by atomic mass is 9.92. The molecule has 0 unspecified atom stereocenters. The van der Waals surface area contributed by atoms with Crippen LogP contribution in [0.1, 0.15) is 5.56 Å². The van der Waals surface area contributed by atoms with Gasteiger partial charge in [-0.25, -0.2) is 5.48 Å². The highest BCUT2D eigenvalue weighted by atomic mass is 16.5. The van der Waals surface area contributed by atoms with E-state index in [1.54, 1.807) is 4.90 Å². The Morgan fingerprint density at radius 3 is 2.45 bits per heavy atom. The second-order valence-electron chi connectivity index (χ2n) is 5.15. The van der Waals surface area contributed by atoms with Crippen LogP contribution in [0.25, 0.3) is 0 Å². The Bertz CT molecular complexity index is 502. The quantitative estimate of drug-likeness (QED) is 0.506. The maximum atomic E-state index is 12.6. The molecule has 120 valence electrons. The van der Waals surface area contributed by atoms with Crippen molar-refractivity contribution in [1.29, 1.82) is 0 Å². The van der Waals surface area contributed by atoms with Crippen LogP contribution in [0.3, 0.4) is 0 Å². The second kappa shape index (κ2) is 7.88. The van der Waals surface area contributed by atoms with Gasteiger partial charge in [0.05, 0.1) is 19.1 Å². The van der Waals surface area contributed by atoms with Gasteiger partial charge in [-0.1, -0.05) is 30.3 Å². The first-order valence-electron chi connectivity index (χ1n) is 7.16. The van der Waals surface area contributed by atoms with Crippen LogP contribution in [0.2, 0.25) is 0 Å². The molecule has 1 fully saturated rings. The molecule has 22 heavy (non-hydrogen) atoms. The minimum atomic E-state index is -1.61. The third kappa shape index (κ3) is 4.03. The van der Waals surface area contributed by atoms with Crippen molar-refractivity contribution in [2.45, 2.75) is 12.5 Å². The summed E-state index contributed by atoms with van der Waals surface area (Å²) in [7, 11) is 0. The van der Waals surface area contributed by atoms with Gasteiger partial charge in [-0.3, -0.25) is 14.8 Å². The van der Waals surface area contributed by atoms with Crippen LogP contribution in [-0.4, -0.2) is 59.4 Å². The summed E-state index contributed by atoms with van der Waals surface area (Å²) in [5.41, 5.74) is 2.24. The van der Waals surface area contributed by atoms with Crippen molar-refractivity contribution in [1.82, 2.24) is 10.4 Å². The van der Waals surface area contributed by atoms with E-state index in [0.717, 1.165) is 5.56 Å². The van der Waals surface area contributed by atoms with Crippen LogP contribution < -0.4 is 5.48 Å². The minimum absolute atomic E-state index is 0.214. The number of carbonyl (C=O) groups excluding carboxylic acids is 2. The molecule has 0 aromatic heterocycles. The Kier molecular flexibility index (Phi) is 5.88. The summed E-state index contributed by atoms with van der Waals surface area (Å²) in [6.07, 6.45) is -1.40. The molecule has 0 radical (unpaired) electrons. The molecular weight excluding hydrogens is 288 g/mol. The summed E-state index contributed by atoms with van der Waals surface area (Å²) in [6.45, 7) is 1.73. The van der Waals surface area contributed by atoms with E-state index in [0.29, 0.717) is 26.3 Å². The van der Waals surface area contributed by atoms with Gasteiger partial charge in [0.25, 0.3) is 5.91 Å². The van der Waals surface area contributed by atoms with Crippen LogP contribution in [-0.2, 0) is 20.7 Å². The summed E-state index contributed by atoms with van der Waals surface area (Å²) in [5, 5.41) is 18.8. The number of amides is 2. The SMILES string of the molecule is O=C(NO)[C@@H](O)[C@@H](Cc1ccccc1)C(=O)N1CCOCC1. The lowest BCUT2D eigenvalue weighted by Gasteiger charge is -2.31. The molecular formula is C15H20N2O5. The summed E-state index contributed by atoms with van der Waals surface area (Å²) < 4.78 is 5.20. The fourth-order valence-electron chi connectivity index (χ4n) is 2.47. The van der Waals surface area contributed by atoms with Crippen molar-refractivity contribution >= 4 is 11.8 Å². The zero-order valence-electron chi connectivity index (χ0n) is 12.1. The Balaban J connectivity index is 2.16. The van der Waals surface area contributed by atoms with Gasteiger partial charge in [-0.15, -0.1) is 0 Å². The third-order valence-corrected chi connectivity index (χ3v) is 3.70. The molecule has 0 bridgehead atoms. The van der Waals surface area contributed by atoms with E-state index in [2.05, 4.69) is 0 Å². The van der Waals surface area contributed by atoms with Gasteiger partial charge >= 0.3 is 0 Å². The van der Waals surface area contributed by atoms with Crippen LogP contribution in [0.4, 0.5) is 0 Å². The van der Waals surface area contributed by atoms with Gasteiger partial charge < -0.3 is 14.7 Å². The number of hydrogen-bond acceptors (Lipinski definition) is 5. The average Bonchev–Trinajstić information content (AvgIpc) is 2.59.